The zero-order chi connectivity index (χ0) is 34.1. The van der Waals surface area contributed by atoms with Gasteiger partial charge in [-0.3, -0.25) is 0 Å². The monoisotopic (exact) mass is 750 g/mol. The van der Waals surface area contributed by atoms with E-state index < -0.39 is 13.5 Å². The Kier molecular flexibility index (Phi) is 13.1. The molecular formula is C41H44Cl2N3Ru-3. The number of nitrogens with one attached hydrogen (secondary N) is 1. The van der Waals surface area contributed by atoms with Gasteiger partial charge in [0.1, 0.15) is 0 Å². The molecule has 1 aliphatic heterocycles. The van der Waals surface area contributed by atoms with Crippen LogP contribution in [0.4, 0.5) is 17.1 Å². The van der Waals surface area contributed by atoms with Crippen LogP contribution < -0.4 is 9.80 Å². The topological polar surface area (TPSA) is 30.3 Å². The third kappa shape index (κ3) is 9.97. The second-order valence-corrected chi connectivity index (χ2v) is 17.6. The van der Waals surface area contributed by atoms with Crippen molar-refractivity contribution in [3.8, 4) is 11.1 Å². The van der Waals surface area contributed by atoms with Gasteiger partial charge in [0.15, 0.2) is 0 Å². The fourth-order valence-corrected chi connectivity index (χ4v) is 8.03. The molecule has 1 heterocycles. The number of benzene rings is 5. The van der Waals surface area contributed by atoms with Crippen molar-refractivity contribution in [2.75, 3.05) is 22.9 Å². The summed E-state index contributed by atoms with van der Waals surface area (Å²) in [7, 11) is 11.3. The predicted octanol–water partition coefficient (Wildman–Crippen LogP) is 12.0. The molecule has 1 saturated heterocycles. The molecule has 6 rings (SSSR count). The van der Waals surface area contributed by atoms with Gasteiger partial charge >= 0.3 is 73.4 Å². The number of anilines is 2. The Hall–Kier alpha value is -3.56. The second-order valence-electron chi connectivity index (χ2n) is 11.9. The van der Waals surface area contributed by atoms with Crippen molar-refractivity contribution in [3.05, 3.63) is 167 Å². The minimum absolute atomic E-state index is 0.545. The van der Waals surface area contributed by atoms with Gasteiger partial charge in [-0.1, -0.05) is 71.3 Å². The zero-order valence-electron chi connectivity index (χ0n) is 28.1. The van der Waals surface area contributed by atoms with E-state index in [1.165, 1.54) is 44.8 Å². The molecule has 0 atom stereocenters. The summed E-state index contributed by atoms with van der Waals surface area (Å²) >= 11 is -1.61. The molecule has 0 spiro atoms. The van der Waals surface area contributed by atoms with Gasteiger partial charge in [-0.2, -0.15) is 25.2 Å². The van der Waals surface area contributed by atoms with E-state index in [0.717, 1.165) is 35.3 Å². The molecule has 0 bridgehead atoms. The van der Waals surface area contributed by atoms with Crippen LogP contribution in [-0.2, 0) is 13.5 Å². The Labute approximate surface area is 295 Å². The molecule has 6 heteroatoms. The van der Waals surface area contributed by atoms with E-state index >= 15 is 0 Å². The third-order valence-corrected chi connectivity index (χ3v) is 9.81. The van der Waals surface area contributed by atoms with E-state index in [4.69, 9.17) is 25.1 Å². The summed E-state index contributed by atoms with van der Waals surface area (Å²) in [5.74, 6) is 0. The van der Waals surface area contributed by atoms with Crippen LogP contribution in [0.3, 0.4) is 0 Å². The molecule has 0 aromatic heterocycles. The van der Waals surface area contributed by atoms with Crippen molar-refractivity contribution in [1.29, 1.82) is 0 Å². The molecule has 0 saturated carbocycles. The first-order valence-corrected chi connectivity index (χ1v) is 21.1. The Morgan fingerprint density at radius 1 is 0.638 bits per heavy atom. The van der Waals surface area contributed by atoms with Gasteiger partial charge in [0.05, 0.1) is 0 Å². The quantitative estimate of drug-likeness (QED) is 0.135. The number of hydrogen-bond donors (Lipinski definition) is 0. The van der Waals surface area contributed by atoms with Gasteiger partial charge in [0.2, 0.25) is 0 Å². The number of aryl methyl sites for hydroxylation is 6. The second kappa shape index (κ2) is 17.0. The van der Waals surface area contributed by atoms with E-state index in [9.17, 15) is 0 Å². The molecule has 0 aliphatic carbocycles. The number of hydrogen-bond acceptors (Lipinski definition) is 2. The summed E-state index contributed by atoms with van der Waals surface area (Å²) in [5, 5.41) is 0. The average molecular weight is 751 g/mol. The van der Waals surface area contributed by atoms with Crippen LogP contribution in [0.15, 0.2) is 103 Å². The van der Waals surface area contributed by atoms with Crippen LogP contribution in [0.2, 0.25) is 0 Å². The molecule has 1 aliphatic rings. The molecule has 5 aromatic carbocycles. The summed E-state index contributed by atoms with van der Waals surface area (Å²) in [6.07, 6.45) is 0. The third-order valence-electron chi connectivity index (χ3n) is 7.93. The minimum atomic E-state index is -1.61. The summed E-state index contributed by atoms with van der Waals surface area (Å²) < 4.78 is 1.92. The summed E-state index contributed by atoms with van der Waals surface area (Å²) in [5.41, 5.74) is 23.2. The van der Waals surface area contributed by atoms with E-state index in [2.05, 4.69) is 89.2 Å². The standard InChI is InChI=1S/C21H27N2.C13H11N.C7H6.2ClH.Ru/c1-14-9-16(3)20(17(4)10-14)22-7-8-23(13-22)21-18(5)11-15(2)12-19(21)6;1-10-6-2-3-7-11(10)12-8-4-5-9-13(12)14;1-7-5-3-2-4-6-7;;;/h9-13H,7-8H2,1-6H3;2-9,14H,1H2;1-6H;2*1H;/q-1;-2;;;;+2/p-2. The van der Waals surface area contributed by atoms with Gasteiger partial charge in [-0.25, -0.2) is 0 Å². The summed E-state index contributed by atoms with van der Waals surface area (Å²) in [6, 6.07) is 34.4. The van der Waals surface area contributed by atoms with Gasteiger partial charge in [0.25, 0.3) is 0 Å². The summed E-state index contributed by atoms with van der Waals surface area (Å²) in [4.78, 5) is 4.81. The Morgan fingerprint density at radius 3 is 1.51 bits per heavy atom. The van der Waals surface area contributed by atoms with Crippen molar-refractivity contribution in [2.24, 2.45) is 0 Å². The molecule has 47 heavy (non-hydrogen) atoms. The van der Waals surface area contributed by atoms with E-state index in [0.29, 0.717) is 5.69 Å². The Bertz CT molecular complexity index is 1680. The van der Waals surface area contributed by atoms with Gasteiger partial charge in [-0.15, -0.1) is 23.4 Å². The van der Waals surface area contributed by atoms with Crippen LogP contribution in [0.5, 0.6) is 0 Å². The number of halogens is 2. The van der Waals surface area contributed by atoms with Crippen molar-refractivity contribution >= 4 is 41.1 Å². The SMILES string of the molecule is Cc1cc(C)c(N2[CH-]N(c3c(C)cc(C)cc3C)CC2)c(C)c1.[CH2-]c1ccccc1-c1ccccc1[NH-].[Cl][Ru]([Cl])=[CH]c1ccccc1. The molecular weight excluding hydrogens is 706 g/mol. The van der Waals surface area contributed by atoms with Crippen molar-refractivity contribution in [1.82, 2.24) is 0 Å². The van der Waals surface area contributed by atoms with Crippen molar-refractivity contribution in [2.45, 2.75) is 41.5 Å². The molecule has 0 radical (unpaired) electrons. The molecule has 1 N–H and O–H groups in total. The number of nitrogens with zero attached hydrogens (tertiary/aromatic N) is 2. The first-order valence-electron chi connectivity index (χ1n) is 15.6. The maximum absolute atomic E-state index is 7.78. The van der Waals surface area contributed by atoms with Gasteiger partial charge in [-0.05, 0) is 63.8 Å². The van der Waals surface area contributed by atoms with E-state index in [-0.39, 0.29) is 0 Å². The Balaban J connectivity index is 0.000000177. The van der Waals surface area contributed by atoms with Gasteiger partial charge < -0.3 is 15.5 Å². The molecule has 0 unspecified atom stereocenters. The predicted molar refractivity (Wildman–Crippen MR) is 204 cm³/mol. The van der Waals surface area contributed by atoms with Crippen LogP contribution in [0, 0.1) is 55.1 Å². The average Bonchev–Trinajstić information content (AvgIpc) is 3.46. The molecule has 3 nitrogen and oxygen atoms in total. The molecule has 5 aromatic rings. The van der Waals surface area contributed by atoms with Crippen LogP contribution in [0.25, 0.3) is 16.9 Å². The number of rotatable bonds is 4. The fourth-order valence-electron chi connectivity index (χ4n) is 6.20. The van der Waals surface area contributed by atoms with E-state index in [1.807, 2.05) is 77.4 Å². The van der Waals surface area contributed by atoms with Crippen LogP contribution in [0.1, 0.15) is 44.5 Å². The van der Waals surface area contributed by atoms with Crippen molar-refractivity contribution < 1.29 is 13.5 Å². The zero-order valence-corrected chi connectivity index (χ0v) is 31.3. The maximum atomic E-state index is 7.78. The fraction of sp³-hybridized carbons (Fsp3) is 0.195. The molecule has 1 fully saturated rings. The first-order chi connectivity index (χ1) is 22.4. The summed E-state index contributed by atoms with van der Waals surface area (Å²) in [6.45, 7) is 21.5. The normalized spacial score (nSPS) is 12.5. The molecule has 0 amide bonds. The first kappa shape index (κ1) is 36.3. The Morgan fingerprint density at radius 2 is 1.06 bits per heavy atom. The van der Waals surface area contributed by atoms with Crippen LogP contribution >= 0.6 is 19.4 Å². The van der Waals surface area contributed by atoms with E-state index in [1.54, 1.807) is 6.07 Å². The van der Waals surface area contributed by atoms with Crippen LogP contribution in [-0.4, -0.2) is 17.7 Å². The van der Waals surface area contributed by atoms with Gasteiger partial charge in [0, 0.05) is 24.5 Å². The van der Waals surface area contributed by atoms with Crippen molar-refractivity contribution in [3.63, 3.8) is 0 Å². The molecule has 248 valence electrons.